The van der Waals surface area contributed by atoms with Crippen molar-refractivity contribution in [1.82, 2.24) is 3.97 Å². The third-order valence-electron chi connectivity index (χ3n) is 3.36. The number of nitrogens with zero attached hydrogens (tertiary/aromatic N) is 1. The van der Waals surface area contributed by atoms with Crippen LogP contribution < -0.4 is 0 Å². The van der Waals surface area contributed by atoms with Gasteiger partial charge in [-0.15, -0.1) is 0 Å². The van der Waals surface area contributed by atoms with E-state index in [9.17, 15) is 13.2 Å². The SMILES string of the molecule is CC(=O)c1ccc2c(ccn2S(=O)(=O)c2ccccc2)c1. The van der Waals surface area contributed by atoms with Crippen LogP contribution in [0.25, 0.3) is 10.9 Å². The lowest BCUT2D eigenvalue weighted by Gasteiger charge is -2.07. The minimum absolute atomic E-state index is 0.0458. The zero-order chi connectivity index (χ0) is 15.0. The van der Waals surface area contributed by atoms with E-state index in [1.807, 2.05) is 0 Å². The third-order valence-corrected chi connectivity index (χ3v) is 5.07. The fourth-order valence-electron chi connectivity index (χ4n) is 2.25. The van der Waals surface area contributed by atoms with Gasteiger partial charge in [0.15, 0.2) is 5.78 Å². The number of rotatable bonds is 3. The van der Waals surface area contributed by atoms with Gasteiger partial charge in [0.1, 0.15) is 0 Å². The molecule has 3 rings (SSSR count). The average molecular weight is 299 g/mol. The van der Waals surface area contributed by atoms with Crippen LogP contribution in [0.4, 0.5) is 0 Å². The smallest absolute Gasteiger partial charge is 0.268 e. The lowest BCUT2D eigenvalue weighted by molar-refractivity contribution is 0.101. The first-order chi connectivity index (χ1) is 10.00. The Morgan fingerprint density at radius 2 is 1.71 bits per heavy atom. The fourth-order valence-corrected chi connectivity index (χ4v) is 3.63. The summed E-state index contributed by atoms with van der Waals surface area (Å²) in [6, 6.07) is 15.0. The zero-order valence-corrected chi connectivity index (χ0v) is 12.2. The van der Waals surface area contributed by atoms with Crippen LogP contribution in [0.15, 0.2) is 65.7 Å². The maximum atomic E-state index is 12.6. The van der Waals surface area contributed by atoms with E-state index in [1.54, 1.807) is 54.6 Å². The van der Waals surface area contributed by atoms with Crippen LogP contribution in [0.3, 0.4) is 0 Å². The second-order valence-electron chi connectivity index (χ2n) is 4.76. The molecule has 1 aromatic heterocycles. The summed E-state index contributed by atoms with van der Waals surface area (Å²) in [6.07, 6.45) is 1.51. The van der Waals surface area contributed by atoms with Gasteiger partial charge in [0, 0.05) is 17.1 Å². The summed E-state index contributed by atoms with van der Waals surface area (Å²) in [5.41, 5.74) is 1.13. The summed E-state index contributed by atoms with van der Waals surface area (Å²) in [6.45, 7) is 1.48. The largest absolute Gasteiger partial charge is 0.295 e. The van der Waals surface area contributed by atoms with Crippen LogP contribution >= 0.6 is 0 Å². The number of fused-ring (bicyclic) bond motifs is 1. The number of ketones is 1. The normalized spacial score (nSPS) is 11.7. The second kappa shape index (κ2) is 4.86. The molecule has 0 saturated heterocycles. The van der Waals surface area contributed by atoms with Crippen molar-refractivity contribution in [3.8, 4) is 0 Å². The van der Waals surface area contributed by atoms with E-state index in [2.05, 4.69) is 0 Å². The minimum atomic E-state index is -3.62. The molecule has 0 saturated carbocycles. The summed E-state index contributed by atoms with van der Waals surface area (Å²) in [5, 5.41) is 0.724. The molecule has 0 aliphatic heterocycles. The van der Waals surface area contributed by atoms with E-state index >= 15 is 0 Å². The quantitative estimate of drug-likeness (QED) is 0.698. The van der Waals surface area contributed by atoms with Gasteiger partial charge in [-0.05, 0) is 43.3 Å². The number of benzene rings is 2. The van der Waals surface area contributed by atoms with Crippen LogP contribution in [0.5, 0.6) is 0 Å². The van der Waals surface area contributed by atoms with Crippen molar-refractivity contribution in [1.29, 1.82) is 0 Å². The number of hydrogen-bond donors (Lipinski definition) is 0. The van der Waals surface area contributed by atoms with Crippen molar-refractivity contribution in [2.24, 2.45) is 0 Å². The summed E-state index contributed by atoms with van der Waals surface area (Å²) >= 11 is 0. The first-order valence-electron chi connectivity index (χ1n) is 6.43. The molecule has 2 aromatic carbocycles. The van der Waals surface area contributed by atoms with E-state index in [0.29, 0.717) is 11.1 Å². The number of aromatic nitrogens is 1. The lowest BCUT2D eigenvalue weighted by Crippen LogP contribution is -2.11. The average Bonchev–Trinajstić information content (AvgIpc) is 2.91. The number of carbonyl (C=O) groups is 1. The van der Waals surface area contributed by atoms with Crippen molar-refractivity contribution >= 4 is 26.7 Å². The van der Waals surface area contributed by atoms with Gasteiger partial charge in [0.2, 0.25) is 0 Å². The van der Waals surface area contributed by atoms with Gasteiger partial charge in [-0.3, -0.25) is 4.79 Å². The number of carbonyl (C=O) groups excluding carboxylic acids is 1. The number of hydrogen-bond acceptors (Lipinski definition) is 3. The maximum absolute atomic E-state index is 12.6. The molecule has 0 amide bonds. The molecule has 3 aromatic rings. The van der Waals surface area contributed by atoms with Crippen molar-refractivity contribution in [3.05, 3.63) is 66.4 Å². The predicted molar refractivity (Wildman–Crippen MR) is 81.0 cm³/mol. The van der Waals surface area contributed by atoms with Gasteiger partial charge in [0.05, 0.1) is 10.4 Å². The van der Waals surface area contributed by atoms with E-state index < -0.39 is 10.0 Å². The molecule has 0 N–H and O–H groups in total. The first-order valence-corrected chi connectivity index (χ1v) is 7.87. The Morgan fingerprint density at radius 1 is 1.00 bits per heavy atom. The Bertz CT molecular complexity index is 925. The number of Topliss-reactive ketones (excluding diaryl/α,β-unsaturated/α-hetero) is 1. The molecule has 1 heterocycles. The predicted octanol–water partition coefficient (Wildman–Crippen LogP) is 3.08. The highest BCUT2D eigenvalue weighted by molar-refractivity contribution is 7.90. The molecule has 106 valence electrons. The maximum Gasteiger partial charge on any atom is 0.268 e. The molecule has 0 radical (unpaired) electrons. The molecule has 5 heteroatoms. The van der Waals surface area contributed by atoms with Crippen molar-refractivity contribution in [2.45, 2.75) is 11.8 Å². The molecule has 0 aliphatic rings. The second-order valence-corrected chi connectivity index (χ2v) is 6.57. The molecule has 0 aliphatic carbocycles. The van der Waals surface area contributed by atoms with Crippen LogP contribution in [-0.2, 0) is 10.0 Å². The topological polar surface area (TPSA) is 56.1 Å². The molecule has 21 heavy (non-hydrogen) atoms. The van der Waals surface area contributed by atoms with Gasteiger partial charge in [0.25, 0.3) is 10.0 Å². The molecule has 0 unspecified atom stereocenters. The van der Waals surface area contributed by atoms with Crippen LogP contribution in [0, 0.1) is 0 Å². The highest BCUT2D eigenvalue weighted by Crippen LogP contribution is 2.23. The van der Waals surface area contributed by atoms with Crippen molar-refractivity contribution < 1.29 is 13.2 Å². The van der Waals surface area contributed by atoms with Gasteiger partial charge in [-0.1, -0.05) is 18.2 Å². The molecule has 0 spiro atoms. The third kappa shape index (κ3) is 2.25. The van der Waals surface area contributed by atoms with Gasteiger partial charge in [-0.2, -0.15) is 0 Å². The summed E-state index contributed by atoms with van der Waals surface area (Å²) in [4.78, 5) is 11.6. The Labute approximate surface area is 122 Å². The lowest BCUT2D eigenvalue weighted by atomic mass is 10.1. The summed E-state index contributed by atoms with van der Waals surface area (Å²) in [7, 11) is -3.62. The Morgan fingerprint density at radius 3 is 2.38 bits per heavy atom. The Kier molecular flexibility index (Phi) is 3.14. The monoisotopic (exact) mass is 299 g/mol. The molecular formula is C16H13NO3S. The molecule has 0 atom stereocenters. The van der Waals surface area contributed by atoms with E-state index in [0.717, 1.165) is 5.39 Å². The molecule has 4 nitrogen and oxygen atoms in total. The molecular weight excluding hydrogens is 286 g/mol. The standard InChI is InChI=1S/C16H13NO3S/c1-12(18)13-7-8-16-14(11-13)9-10-17(16)21(19,20)15-5-3-2-4-6-15/h2-11H,1H3. The zero-order valence-electron chi connectivity index (χ0n) is 11.4. The Hall–Kier alpha value is -2.40. The van der Waals surface area contributed by atoms with Crippen LogP contribution in [0.1, 0.15) is 17.3 Å². The van der Waals surface area contributed by atoms with Gasteiger partial charge < -0.3 is 0 Å². The van der Waals surface area contributed by atoms with E-state index in [1.165, 1.54) is 17.1 Å². The van der Waals surface area contributed by atoms with Crippen molar-refractivity contribution in [2.75, 3.05) is 0 Å². The van der Waals surface area contributed by atoms with Crippen LogP contribution in [0.2, 0.25) is 0 Å². The highest BCUT2D eigenvalue weighted by Gasteiger charge is 2.18. The summed E-state index contributed by atoms with van der Waals surface area (Å²) < 4.78 is 26.5. The highest BCUT2D eigenvalue weighted by atomic mass is 32.2. The van der Waals surface area contributed by atoms with Gasteiger partial charge in [-0.25, -0.2) is 12.4 Å². The minimum Gasteiger partial charge on any atom is -0.295 e. The van der Waals surface area contributed by atoms with Crippen LogP contribution in [-0.4, -0.2) is 18.2 Å². The molecule has 0 fully saturated rings. The Balaban J connectivity index is 2.20. The summed E-state index contributed by atoms with van der Waals surface area (Å²) in [5.74, 6) is -0.0458. The molecule has 0 bridgehead atoms. The fraction of sp³-hybridized carbons (Fsp3) is 0.0625. The van der Waals surface area contributed by atoms with Gasteiger partial charge >= 0.3 is 0 Å². The van der Waals surface area contributed by atoms with E-state index in [-0.39, 0.29) is 10.7 Å². The van der Waals surface area contributed by atoms with Crippen molar-refractivity contribution in [3.63, 3.8) is 0 Å². The first kappa shape index (κ1) is 13.6. The van der Waals surface area contributed by atoms with E-state index in [4.69, 9.17) is 0 Å².